The smallest absolute Gasteiger partial charge is 0.320 e. The lowest BCUT2D eigenvalue weighted by atomic mass is 9.94. The Morgan fingerprint density at radius 2 is 2.20 bits per heavy atom. The van der Waals surface area contributed by atoms with Gasteiger partial charge in [0, 0.05) is 0 Å². The first kappa shape index (κ1) is 9.95. The fourth-order valence-electron chi connectivity index (χ4n) is 0.594. The van der Waals surface area contributed by atoms with E-state index in [1.54, 1.807) is 6.92 Å². The van der Waals surface area contributed by atoms with Crippen LogP contribution < -0.4 is 0 Å². The molecular formula is C7H13BrO2. The van der Waals surface area contributed by atoms with E-state index in [0.717, 1.165) is 6.42 Å². The number of rotatable bonds is 3. The third-order valence-electron chi connectivity index (χ3n) is 1.96. The van der Waals surface area contributed by atoms with E-state index in [-0.39, 0.29) is 5.92 Å². The molecule has 0 saturated carbocycles. The third kappa shape index (κ3) is 1.97. The molecule has 0 rings (SSSR count). The minimum atomic E-state index is -0.790. The number of hydrogen-bond donors (Lipinski definition) is 1. The standard InChI is InChI=1S/C7H13BrO2/c1-4-5(2)7(3,8)6(9)10/h5H,4H2,1-3H3,(H,9,10). The van der Waals surface area contributed by atoms with E-state index in [1.165, 1.54) is 0 Å². The van der Waals surface area contributed by atoms with Gasteiger partial charge in [0.05, 0.1) is 0 Å². The summed E-state index contributed by atoms with van der Waals surface area (Å²) >= 11 is 3.17. The van der Waals surface area contributed by atoms with Gasteiger partial charge in [0.1, 0.15) is 4.32 Å². The van der Waals surface area contributed by atoms with Crippen LogP contribution in [0.3, 0.4) is 0 Å². The highest BCUT2D eigenvalue weighted by atomic mass is 79.9. The van der Waals surface area contributed by atoms with Crippen LogP contribution in [0.1, 0.15) is 27.2 Å². The molecule has 2 atom stereocenters. The summed E-state index contributed by atoms with van der Waals surface area (Å²) in [4.78, 5) is 10.6. The summed E-state index contributed by atoms with van der Waals surface area (Å²) in [6.45, 7) is 5.58. The number of carboxylic acids is 1. The highest BCUT2D eigenvalue weighted by molar-refractivity contribution is 9.10. The first-order valence-electron chi connectivity index (χ1n) is 3.35. The van der Waals surface area contributed by atoms with Crippen LogP contribution in [-0.2, 0) is 4.79 Å². The average molecular weight is 209 g/mol. The lowest BCUT2D eigenvalue weighted by molar-refractivity contribution is -0.140. The summed E-state index contributed by atoms with van der Waals surface area (Å²) in [5, 5.41) is 8.70. The zero-order valence-electron chi connectivity index (χ0n) is 6.52. The molecule has 0 radical (unpaired) electrons. The Morgan fingerprint density at radius 3 is 2.30 bits per heavy atom. The van der Waals surface area contributed by atoms with Crippen LogP contribution in [0.2, 0.25) is 0 Å². The molecule has 0 aromatic carbocycles. The molecule has 0 bridgehead atoms. The van der Waals surface area contributed by atoms with Crippen molar-refractivity contribution < 1.29 is 9.90 Å². The van der Waals surface area contributed by atoms with E-state index in [9.17, 15) is 4.79 Å². The Hall–Kier alpha value is -0.0500. The van der Waals surface area contributed by atoms with Crippen molar-refractivity contribution in [3.05, 3.63) is 0 Å². The van der Waals surface area contributed by atoms with Crippen LogP contribution in [0.15, 0.2) is 0 Å². The van der Waals surface area contributed by atoms with Crippen molar-refractivity contribution in [2.45, 2.75) is 31.5 Å². The van der Waals surface area contributed by atoms with Gasteiger partial charge >= 0.3 is 5.97 Å². The second-order valence-corrected chi connectivity index (χ2v) is 4.34. The van der Waals surface area contributed by atoms with E-state index in [2.05, 4.69) is 15.9 Å². The number of aliphatic carboxylic acids is 1. The van der Waals surface area contributed by atoms with Crippen molar-refractivity contribution in [2.75, 3.05) is 0 Å². The molecule has 0 aliphatic rings. The van der Waals surface area contributed by atoms with Gasteiger partial charge < -0.3 is 5.11 Å². The van der Waals surface area contributed by atoms with Crippen LogP contribution in [0, 0.1) is 5.92 Å². The highest BCUT2D eigenvalue weighted by Crippen LogP contribution is 2.29. The zero-order chi connectivity index (χ0) is 8.36. The van der Waals surface area contributed by atoms with Crippen molar-refractivity contribution in [3.8, 4) is 0 Å². The van der Waals surface area contributed by atoms with Crippen molar-refractivity contribution in [1.29, 1.82) is 0 Å². The third-order valence-corrected chi connectivity index (χ3v) is 3.08. The molecule has 1 N–H and O–H groups in total. The second-order valence-electron chi connectivity index (χ2n) is 2.69. The van der Waals surface area contributed by atoms with Crippen LogP contribution in [0.4, 0.5) is 0 Å². The van der Waals surface area contributed by atoms with Crippen molar-refractivity contribution >= 4 is 21.9 Å². The Bertz CT molecular complexity index is 132. The van der Waals surface area contributed by atoms with Crippen LogP contribution >= 0.6 is 15.9 Å². The first-order valence-corrected chi connectivity index (χ1v) is 4.14. The normalized spacial score (nSPS) is 19.6. The summed E-state index contributed by atoms with van der Waals surface area (Å²) in [7, 11) is 0. The van der Waals surface area contributed by atoms with E-state index >= 15 is 0 Å². The molecule has 10 heavy (non-hydrogen) atoms. The van der Waals surface area contributed by atoms with E-state index in [1.807, 2.05) is 13.8 Å². The van der Waals surface area contributed by atoms with Gasteiger partial charge in [0.15, 0.2) is 0 Å². The van der Waals surface area contributed by atoms with Gasteiger partial charge in [-0.25, -0.2) is 0 Å². The minimum Gasteiger partial charge on any atom is -0.480 e. The van der Waals surface area contributed by atoms with E-state index < -0.39 is 10.3 Å². The number of carbonyl (C=O) groups is 1. The predicted molar refractivity (Wildman–Crippen MR) is 44.4 cm³/mol. The fraction of sp³-hybridized carbons (Fsp3) is 0.857. The monoisotopic (exact) mass is 208 g/mol. The van der Waals surface area contributed by atoms with Gasteiger partial charge in [-0.3, -0.25) is 4.79 Å². The van der Waals surface area contributed by atoms with Crippen molar-refractivity contribution in [2.24, 2.45) is 5.92 Å². The summed E-state index contributed by atoms with van der Waals surface area (Å²) in [5.41, 5.74) is 0. The van der Waals surface area contributed by atoms with Crippen LogP contribution in [-0.4, -0.2) is 15.4 Å². The summed E-state index contributed by atoms with van der Waals surface area (Å²) in [6.07, 6.45) is 0.869. The van der Waals surface area contributed by atoms with Gasteiger partial charge in [0.2, 0.25) is 0 Å². The topological polar surface area (TPSA) is 37.3 Å². The first-order chi connectivity index (χ1) is 4.42. The lowest BCUT2D eigenvalue weighted by Gasteiger charge is -2.23. The summed E-state index contributed by atoms with van der Waals surface area (Å²) in [5.74, 6) is -0.633. The molecule has 0 heterocycles. The molecule has 0 saturated heterocycles. The van der Waals surface area contributed by atoms with Gasteiger partial charge in [-0.2, -0.15) is 0 Å². The number of alkyl halides is 1. The molecular weight excluding hydrogens is 196 g/mol. The van der Waals surface area contributed by atoms with Gasteiger partial charge in [0.25, 0.3) is 0 Å². The predicted octanol–water partition coefficient (Wildman–Crippen LogP) is 2.27. The van der Waals surface area contributed by atoms with Gasteiger partial charge in [-0.05, 0) is 12.8 Å². The zero-order valence-corrected chi connectivity index (χ0v) is 8.10. The van der Waals surface area contributed by atoms with Gasteiger partial charge in [-0.15, -0.1) is 0 Å². The quantitative estimate of drug-likeness (QED) is 0.724. The van der Waals surface area contributed by atoms with Crippen LogP contribution in [0.5, 0.6) is 0 Å². The molecule has 60 valence electrons. The van der Waals surface area contributed by atoms with E-state index in [4.69, 9.17) is 5.11 Å². The molecule has 0 spiro atoms. The molecule has 0 amide bonds. The summed E-state index contributed by atoms with van der Waals surface area (Å²) < 4.78 is -0.762. The Morgan fingerprint density at radius 1 is 1.80 bits per heavy atom. The SMILES string of the molecule is CCC(C)C(C)(Br)C(=O)O. The largest absolute Gasteiger partial charge is 0.480 e. The molecule has 2 unspecified atom stereocenters. The molecule has 0 aromatic rings. The Kier molecular flexibility index (Phi) is 3.36. The maximum atomic E-state index is 10.6. The van der Waals surface area contributed by atoms with Gasteiger partial charge in [-0.1, -0.05) is 36.2 Å². The lowest BCUT2D eigenvalue weighted by Crippen LogP contribution is -2.34. The molecule has 0 aromatic heterocycles. The van der Waals surface area contributed by atoms with Crippen LogP contribution in [0.25, 0.3) is 0 Å². The second kappa shape index (κ2) is 3.37. The average Bonchev–Trinajstić information content (AvgIpc) is 1.86. The molecule has 0 fully saturated rings. The highest BCUT2D eigenvalue weighted by Gasteiger charge is 2.34. The molecule has 0 aliphatic carbocycles. The number of hydrogen-bond acceptors (Lipinski definition) is 1. The molecule has 3 heteroatoms. The van der Waals surface area contributed by atoms with Crippen molar-refractivity contribution in [3.63, 3.8) is 0 Å². The fourth-order valence-corrected chi connectivity index (χ4v) is 0.918. The maximum Gasteiger partial charge on any atom is 0.320 e. The van der Waals surface area contributed by atoms with Crippen molar-refractivity contribution in [1.82, 2.24) is 0 Å². The van der Waals surface area contributed by atoms with E-state index in [0.29, 0.717) is 0 Å². The molecule has 2 nitrogen and oxygen atoms in total. The maximum absolute atomic E-state index is 10.6. The summed E-state index contributed by atoms with van der Waals surface area (Å²) in [6, 6.07) is 0. The Balaban J connectivity index is 4.23. The number of carboxylic acid groups (broad SMARTS) is 1. The minimum absolute atomic E-state index is 0.157. The number of halogens is 1. The molecule has 0 aliphatic heterocycles. The Labute approximate surface area is 69.8 Å².